The van der Waals surface area contributed by atoms with Crippen LogP contribution in [0, 0.1) is 11.3 Å². The molecule has 150 valence electrons. The Kier molecular flexibility index (Phi) is 3.31. The maximum atomic E-state index is 6.88. The molecule has 6 atom stereocenters. The fourth-order valence-electron chi connectivity index (χ4n) is 8.02. The van der Waals surface area contributed by atoms with Crippen molar-refractivity contribution in [2.45, 2.75) is 62.2 Å². The first-order valence-corrected chi connectivity index (χ1v) is 10.9. The van der Waals surface area contributed by atoms with Gasteiger partial charge in [-0.05, 0) is 56.8 Å². The van der Waals surface area contributed by atoms with Crippen molar-refractivity contribution >= 4 is 0 Å². The molecule has 2 heterocycles. The molecule has 4 heteroatoms. The minimum Gasteiger partial charge on any atom is -0.497 e. The number of hydrogen-bond donors (Lipinski definition) is 0. The van der Waals surface area contributed by atoms with Gasteiger partial charge in [0.2, 0.25) is 0 Å². The maximum absolute atomic E-state index is 6.88. The van der Waals surface area contributed by atoms with Gasteiger partial charge in [-0.1, -0.05) is 25.5 Å². The molecule has 0 N–H and O–H groups in total. The van der Waals surface area contributed by atoms with Crippen LogP contribution in [0.25, 0.3) is 0 Å². The molecule has 1 aromatic rings. The SMILES string of the molecule is CCCC1CC23C=CC1(OC)C1Oc4cc(OC)cc5c4C12CCN(C)C3C5. The molecule has 1 saturated heterocycles. The average Bonchev–Trinajstić information content (AvgIpc) is 3.06. The summed E-state index contributed by atoms with van der Waals surface area (Å²) in [7, 11) is 5.97. The Balaban J connectivity index is 1.66. The standard InChI is InChI=1S/C24H31NO3/c1-5-6-16-14-22-7-8-24(16,27-4)21-23(22)9-10-25(2)19(22)12-15-11-17(26-3)13-18(28-21)20(15)23/h7-8,11,13,16,19,21H,5-6,9-10,12,14H2,1-4H3. The molecular formula is C24H31NO3. The molecule has 0 aromatic heterocycles. The van der Waals surface area contributed by atoms with Crippen LogP contribution in [-0.4, -0.2) is 50.5 Å². The van der Waals surface area contributed by atoms with E-state index >= 15 is 0 Å². The predicted molar refractivity (Wildman–Crippen MR) is 108 cm³/mol. The van der Waals surface area contributed by atoms with Gasteiger partial charge in [0, 0.05) is 30.2 Å². The summed E-state index contributed by atoms with van der Waals surface area (Å²) in [4.78, 5) is 2.61. The van der Waals surface area contributed by atoms with E-state index in [4.69, 9.17) is 14.2 Å². The van der Waals surface area contributed by atoms with Crippen molar-refractivity contribution in [1.29, 1.82) is 0 Å². The molecule has 2 spiro atoms. The summed E-state index contributed by atoms with van der Waals surface area (Å²) in [5.41, 5.74) is 2.77. The number of fused-ring (bicyclic) bond motifs is 1. The summed E-state index contributed by atoms with van der Waals surface area (Å²) in [5.74, 6) is 2.48. The number of nitrogens with zero attached hydrogens (tertiary/aromatic N) is 1. The fourth-order valence-corrected chi connectivity index (χ4v) is 8.02. The van der Waals surface area contributed by atoms with Gasteiger partial charge in [-0.2, -0.15) is 0 Å². The lowest BCUT2D eigenvalue weighted by atomic mass is 9.37. The Labute approximate surface area is 167 Å². The van der Waals surface area contributed by atoms with Crippen LogP contribution < -0.4 is 9.47 Å². The summed E-state index contributed by atoms with van der Waals surface area (Å²) in [6.07, 6.45) is 10.8. The predicted octanol–water partition coefficient (Wildman–Crippen LogP) is 3.72. The largest absolute Gasteiger partial charge is 0.497 e. The van der Waals surface area contributed by atoms with Crippen LogP contribution >= 0.6 is 0 Å². The number of likely N-dealkylation sites (tertiary alicyclic amines) is 1. The van der Waals surface area contributed by atoms with Crippen molar-refractivity contribution in [2.75, 3.05) is 27.8 Å². The van der Waals surface area contributed by atoms with Gasteiger partial charge in [0.05, 0.1) is 12.5 Å². The van der Waals surface area contributed by atoms with E-state index in [2.05, 4.69) is 43.2 Å². The molecule has 6 unspecified atom stereocenters. The van der Waals surface area contributed by atoms with Gasteiger partial charge >= 0.3 is 0 Å². The second-order valence-corrected chi connectivity index (χ2v) is 9.70. The molecule has 28 heavy (non-hydrogen) atoms. The minimum atomic E-state index is -0.320. The zero-order valence-corrected chi connectivity index (χ0v) is 17.5. The summed E-state index contributed by atoms with van der Waals surface area (Å²) in [6.45, 7) is 3.42. The number of hydrogen-bond acceptors (Lipinski definition) is 4. The van der Waals surface area contributed by atoms with Gasteiger partial charge in [0.1, 0.15) is 23.2 Å². The van der Waals surface area contributed by atoms with E-state index in [1.807, 2.05) is 7.11 Å². The van der Waals surface area contributed by atoms with Crippen molar-refractivity contribution in [3.63, 3.8) is 0 Å². The third-order valence-corrected chi connectivity index (χ3v) is 9.02. The van der Waals surface area contributed by atoms with Crippen LogP contribution in [0.5, 0.6) is 11.5 Å². The van der Waals surface area contributed by atoms with Gasteiger partial charge in [0.15, 0.2) is 0 Å². The molecule has 6 aliphatic rings. The van der Waals surface area contributed by atoms with Crippen molar-refractivity contribution < 1.29 is 14.2 Å². The highest BCUT2D eigenvalue weighted by Gasteiger charge is 2.78. The molecule has 0 amide bonds. The lowest BCUT2D eigenvalue weighted by Crippen LogP contribution is -2.78. The Bertz CT molecular complexity index is 881. The van der Waals surface area contributed by atoms with Crippen LogP contribution in [0.1, 0.15) is 43.7 Å². The van der Waals surface area contributed by atoms with Crippen molar-refractivity contribution in [1.82, 2.24) is 4.90 Å². The first-order chi connectivity index (χ1) is 13.6. The average molecular weight is 382 g/mol. The van der Waals surface area contributed by atoms with Gasteiger partial charge < -0.3 is 19.1 Å². The van der Waals surface area contributed by atoms with E-state index in [-0.39, 0.29) is 22.5 Å². The van der Waals surface area contributed by atoms with Crippen LogP contribution in [0.4, 0.5) is 0 Å². The first kappa shape index (κ1) is 17.3. The quantitative estimate of drug-likeness (QED) is 0.744. The first-order valence-electron chi connectivity index (χ1n) is 10.9. The smallest absolute Gasteiger partial charge is 0.142 e. The topological polar surface area (TPSA) is 30.9 Å². The van der Waals surface area contributed by atoms with Crippen LogP contribution in [-0.2, 0) is 16.6 Å². The van der Waals surface area contributed by atoms with Gasteiger partial charge in [-0.3, -0.25) is 0 Å². The molecule has 2 fully saturated rings. The highest BCUT2D eigenvalue weighted by molar-refractivity contribution is 5.63. The fraction of sp³-hybridized carbons (Fsp3) is 0.667. The normalized spacial score (nSPS) is 44.4. The van der Waals surface area contributed by atoms with Gasteiger partial charge in [-0.15, -0.1) is 0 Å². The van der Waals surface area contributed by atoms with Crippen LogP contribution in [0.15, 0.2) is 24.3 Å². The number of methoxy groups -OCH3 is 2. The second kappa shape index (κ2) is 5.34. The van der Waals surface area contributed by atoms with Crippen molar-refractivity contribution in [2.24, 2.45) is 11.3 Å². The number of piperidine rings is 1. The molecule has 1 saturated carbocycles. The molecule has 1 aromatic carbocycles. The van der Waals surface area contributed by atoms with E-state index in [1.165, 1.54) is 30.4 Å². The number of likely N-dealkylation sites (N-methyl/N-ethyl adjacent to an activating group) is 1. The second-order valence-electron chi connectivity index (χ2n) is 9.70. The summed E-state index contributed by atoms with van der Waals surface area (Å²) >= 11 is 0. The monoisotopic (exact) mass is 381 g/mol. The van der Waals surface area contributed by atoms with E-state index < -0.39 is 0 Å². The highest BCUT2D eigenvalue weighted by atomic mass is 16.6. The number of rotatable bonds is 4. The molecule has 2 aliphatic heterocycles. The lowest BCUT2D eigenvalue weighted by Gasteiger charge is -2.71. The Morgan fingerprint density at radius 2 is 2.11 bits per heavy atom. The zero-order chi connectivity index (χ0) is 19.3. The molecule has 4 aliphatic carbocycles. The van der Waals surface area contributed by atoms with Crippen LogP contribution in [0.3, 0.4) is 0 Å². The van der Waals surface area contributed by atoms with Gasteiger partial charge in [-0.25, -0.2) is 0 Å². The highest BCUT2D eigenvalue weighted by Crippen LogP contribution is 2.74. The Morgan fingerprint density at radius 3 is 2.86 bits per heavy atom. The molecule has 4 bridgehead atoms. The summed E-state index contributed by atoms with van der Waals surface area (Å²) in [6, 6.07) is 4.90. The Morgan fingerprint density at radius 1 is 1.25 bits per heavy atom. The number of benzene rings is 1. The summed E-state index contributed by atoms with van der Waals surface area (Å²) < 4.78 is 18.9. The third kappa shape index (κ3) is 1.61. The van der Waals surface area contributed by atoms with Crippen molar-refractivity contribution in [3.8, 4) is 11.5 Å². The van der Waals surface area contributed by atoms with E-state index in [0.29, 0.717) is 12.0 Å². The third-order valence-electron chi connectivity index (χ3n) is 9.02. The summed E-state index contributed by atoms with van der Waals surface area (Å²) in [5, 5.41) is 0. The van der Waals surface area contributed by atoms with E-state index in [9.17, 15) is 0 Å². The van der Waals surface area contributed by atoms with Crippen LogP contribution in [0.2, 0.25) is 0 Å². The minimum absolute atomic E-state index is 0.0361. The van der Waals surface area contributed by atoms with E-state index in [1.54, 1.807) is 7.11 Å². The number of ether oxygens (including phenoxy) is 3. The molecule has 0 radical (unpaired) electrons. The molecule has 4 nitrogen and oxygen atoms in total. The Hall–Kier alpha value is -1.52. The van der Waals surface area contributed by atoms with Gasteiger partial charge in [0.25, 0.3) is 0 Å². The molecule has 7 rings (SSSR count). The zero-order valence-electron chi connectivity index (χ0n) is 17.5. The van der Waals surface area contributed by atoms with E-state index in [0.717, 1.165) is 30.9 Å². The maximum Gasteiger partial charge on any atom is 0.142 e. The van der Waals surface area contributed by atoms with Crippen molar-refractivity contribution in [3.05, 3.63) is 35.4 Å². The molecular weight excluding hydrogens is 350 g/mol. The lowest BCUT2D eigenvalue weighted by molar-refractivity contribution is -0.214.